The number of amides is 2. The lowest BCUT2D eigenvalue weighted by Gasteiger charge is -2.17. The van der Waals surface area contributed by atoms with Crippen LogP contribution >= 0.6 is 0 Å². The highest BCUT2D eigenvalue weighted by atomic mass is 19.4. The Kier molecular flexibility index (Phi) is 5.39. The number of nitrogens with one attached hydrogen (secondary N) is 1. The molecule has 146 valence electrons. The maximum absolute atomic E-state index is 12.4. The van der Waals surface area contributed by atoms with Crippen LogP contribution in [-0.2, 0) is 11.2 Å². The van der Waals surface area contributed by atoms with E-state index in [4.69, 9.17) is 0 Å². The van der Waals surface area contributed by atoms with Crippen molar-refractivity contribution < 1.29 is 27.5 Å². The molecule has 3 rings (SSSR count). The molecule has 0 saturated heterocycles. The van der Waals surface area contributed by atoms with Crippen molar-refractivity contribution in [3.8, 4) is 5.75 Å². The van der Waals surface area contributed by atoms with Crippen molar-refractivity contribution in [1.82, 2.24) is 10.2 Å². The van der Waals surface area contributed by atoms with Gasteiger partial charge in [-0.3, -0.25) is 14.5 Å². The Morgan fingerprint density at radius 1 is 1.07 bits per heavy atom. The zero-order chi connectivity index (χ0) is 20.3. The molecule has 1 aliphatic rings. The lowest BCUT2D eigenvalue weighted by molar-refractivity contribution is -0.274. The topological polar surface area (TPSA) is 58.6 Å². The summed E-state index contributed by atoms with van der Waals surface area (Å²) in [5.74, 6) is -0.916. The maximum Gasteiger partial charge on any atom is 0.573 e. The number of alkyl halides is 3. The highest BCUT2D eigenvalue weighted by Crippen LogP contribution is 2.30. The lowest BCUT2D eigenvalue weighted by Crippen LogP contribution is -2.37. The van der Waals surface area contributed by atoms with Gasteiger partial charge in [0.2, 0.25) is 5.91 Å². The standard InChI is InChI=1S/C20H17F3N2O3/c1-13-16-4-2-3-5-17(16)19(27)25(13)12-18(26)24-11-10-14-6-8-15(9-7-14)28-20(21,22)23/h2-9H,1,10-12H2,(H,24,26). The number of carbonyl (C=O) groups is 2. The molecular weight excluding hydrogens is 373 g/mol. The van der Waals surface area contributed by atoms with Gasteiger partial charge in [0, 0.05) is 23.4 Å². The first kappa shape index (κ1) is 19.5. The summed E-state index contributed by atoms with van der Waals surface area (Å²) >= 11 is 0. The van der Waals surface area contributed by atoms with E-state index in [-0.39, 0.29) is 30.7 Å². The average molecular weight is 390 g/mol. The van der Waals surface area contributed by atoms with Crippen LogP contribution in [0.4, 0.5) is 13.2 Å². The lowest BCUT2D eigenvalue weighted by atomic mass is 10.1. The minimum absolute atomic E-state index is 0.148. The van der Waals surface area contributed by atoms with E-state index in [0.29, 0.717) is 23.2 Å². The van der Waals surface area contributed by atoms with Crippen molar-refractivity contribution in [3.63, 3.8) is 0 Å². The molecule has 0 aromatic heterocycles. The molecule has 8 heteroatoms. The second kappa shape index (κ2) is 7.75. The second-order valence-electron chi connectivity index (χ2n) is 6.18. The summed E-state index contributed by atoms with van der Waals surface area (Å²) in [5, 5.41) is 2.69. The predicted octanol–water partition coefficient (Wildman–Crippen LogP) is 3.37. The SMILES string of the molecule is C=C1c2ccccc2C(=O)N1CC(=O)NCCc1ccc(OC(F)(F)F)cc1. The molecule has 0 atom stereocenters. The van der Waals surface area contributed by atoms with Gasteiger partial charge in [0.05, 0.1) is 0 Å². The normalized spacial score (nSPS) is 13.5. The molecule has 28 heavy (non-hydrogen) atoms. The van der Waals surface area contributed by atoms with Crippen molar-refractivity contribution in [1.29, 1.82) is 0 Å². The summed E-state index contributed by atoms with van der Waals surface area (Å²) in [5.41, 5.74) is 2.45. The van der Waals surface area contributed by atoms with Crippen LogP contribution in [0.1, 0.15) is 21.5 Å². The van der Waals surface area contributed by atoms with Gasteiger partial charge in [0.25, 0.3) is 5.91 Å². The van der Waals surface area contributed by atoms with Gasteiger partial charge in [0.15, 0.2) is 0 Å². The van der Waals surface area contributed by atoms with E-state index in [9.17, 15) is 22.8 Å². The summed E-state index contributed by atoms with van der Waals surface area (Å²) in [7, 11) is 0. The van der Waals surface area contributed by atoms with Crippen molar-refractivity contribution in [2.24, 2.45) is 0 Å². The molecule has 2 amide bonds. The molecule has 0 fully saturated rings. The highest BCUT2D eigenvalue weighted by Gasteiger charge is 2.32. The molecule has 0 saturated carbocycles. The summed E-state index contributed by atoms with van der Waals surface area (Å²) in [6.07, 6.45) is -4.31. The van der Waals surface area contributed by atoms with Crippen LogP contribution in [-0.4, -0.2) is 36.2 Å². The van der Waals surface area contributed by atoms with Gasteiger partial charge in [-0.15, -0.1) is 13.2 Å². The first-order valence-corrected chi connectivity index (χ1v) is 8.46. The summed E-state index contributed by atoms with van der Waals surface area (Å²) in [4.78, 5) is 25.8. The van der Waals surface area contributed by atoms with Gasteiger partial charge in [-0.25, -0.2) is 0 Å². The predicted molar refractivity (Wildman–Crippen MR) is 96.4 cm³/mol. The maximum atomic E-state index is 12.4. The van der Waals surface area contributed by atoms with Gasteiger partial charge in [-0.05, 0) is 30.2 Å². The zero-order valence-electron chi connectivity index (χ0n) is 14.8. The Morgan fingerprint density at radius 3 is 2.32 bits per heavy atom. The van der Waals surface area contributed by atoms with Crippen LogP contribution in [0.15, 0.2) is 55.1 Å². The summed E-state index contributed by atoms with van der Waals surface area (Å²) in [6.45, 7) is 4.00. The van der Waals surface area contributed by atoms with Gasteiger partial charge in [-0.2, -0.15) is 0 Å². The number of rotatable bonds is 6. The third kappa shape index (κ3) is 4.51. The molecule has 1 aliphatic heterocycles. The zero-order valence-corrected chi connectivity index (χ0v) is 14.8. The van der Waals surface area contributed by atoms with Crippen molar-refractivity contribution in [2.75, 3.05) is 13.1 Å². The average Bonchev–Trinajstić information content (AvgIpc) is 2.87. The first-order valence-electron chi connectivity index (χ1n) is 8.46. The van der Waals surface area contributed by atoms with Crippen LogP contribution in [0.25, 0.3) is 5.70 Å². The smallest absolute Gasteiger partial charge is 0.406 e. The fraction of sp³-hybridized carbons (Fsp3) is 0.200. The largest absolute Gasteiger partial charge is 0.573 e. The van der Waals surface area contributed by atoms with E-state index >= 15 is 0 Å². The fourth-order valence-corrected chi connectivity index (χ4v) is 2.91. The first-order chi connectivity index (χ1) is 13.2. The molecule has 0 bridgehead atoms. The van der Waals surface area contributed by atoms with E-state index in [1.165, 1.54) is 29.2 Å². The molecule has 1 heterocycles. The molecular formula is C20H17F3N2O3. The monoisotopic (exact) mass is 390 g/mol. The fourth-order valence-electron chi connectivity index (χ4n) is 2.91. The third-order valence-electron chi connectivity index (χ3n) is 4.23. The number of fused-ring (bicyclic) bond motifs is 1. The number of hydrogen-bond acceptors (Lipinski definition) is 3. The number of carbonyl (C=O) groups excluding carboxylic acids is 2. The summed E-state index contributed by atoms with van der Waals surface area (Å²) in [6, 6.07) is 12.4. The Hall–Kier alpha value is -3.29. The molecule has 0 unspecified atom stereocenters. The number of nitrogens with zero attached hydrogens (tertiary/aromatic N) is 1. The highest BCUT2D eigenvalue weighted by molar-refractivity contribution is 6.10. The van der Waals surface area contributed by atoms with E-state index in [1.54, 1.807) is 24.3 Å². The van der Waals surface area contributed by atoms with E-state index in [2.05, 4.69) is 16.6 Å². The molecule has 0 aliphatic carbocycles. The molecule has 1 N–H and O–H groups in total. The number of halogens is 3. The van der Waals surface area contributed by atoms with Crippen molar-refractivity contribution >= 4 is 17.5 Å². The van der Waals surface area contributed by atoms with Crippen LogP contribution in [0.3, 0.4) is 0 Å². The number of hydrogen-bond donors (Lipinski definition) is 1. The number of benzene rings is 2. The van der Waals surface area contributed by atoms with E-state index in [0.717, 1.165) is 5.56 Å². The minimum Gasteiger partial charge on any atom is -0.406 e. The number of ether oxygens (including phenoxy) is 1. The van der Waals surface area contributed by atoms with Crippen molar-refractivity contribution in [2.45, 2.75) is 12.8 Å². The second-order valence-corrected chi connectivity index (χ2v) is 6.18. The third-order valence-corrected chi connectivity index (χ3v) is 4.23. The molecule has 0 radical (unpaired) electrons. The minimum atomic E-state index is -4.73. The van der Waals surface area contributed by atoms with Crippen LogP contribution in [0.5, 0.6) is 5.75 Å². The Morgan fingerprint density at radius 2 is 1.71 bits per heavy atom. The van der Waals surface area contributed by atoms with Gasteiger partial charge < -0.3 is 10.1 Å². The molecule has 2 aromatic carbocycles. The van der Waals surface area contributed by atoms with Crippen LogP contribution < -0.4 is 10.1 Å². The molecule has 0 spiro atoms. The van der Waals surface area contributed by atoms with Gasteiger partial charge >= 0.3 is 6.36 Å². The van der Waals surface area contributed by atoms with Crippen molar-refractivity contribution in [3.05, 3.63) is 71.8 Å². The summed E-state index contributed by atoms with van der Waals surface area (Å²) < 4.78 is 40.2. The Balaban J connectivity index is 1.48. The molecule has 2 aromatic rings. The van der Waals surface area contributed by atoms with Crippen LogP contribution in [0.2, 0.25) is 0 Å². The van der Waals surface area contributed by atoms with E-state index < -0.39 is 6.36 Å². The van der Waals surface area contributed by atoms with Gasteiger partial charge in [0.1, 0.15) is 12.3 Å². The molecule has 5 nitrogen and oxygen atoms in total. The Bertz CT molecular complexity index is 873. The van der Waals surface area contributed by atoms with E-state index in [1.807, 2.05) is 0 Å². The van der Waals surface area contributed by atoms with Gasteiger partial charge in [-0.1, -0.05) is 36.9 Å². The van der Waals surface area contributed by atoms with Crippen LogP contribution in [0, 0.1) is 0 Å². The Labute approximate surface area is 159 Å². The quantitative estimate of drug-likeness (QED) is 0.823.